The van der Waals surface area contributed by atoms with Crippen LogP contribution in [0.15, 0.2) is 48.5 Å². The highest BCUT2D eigenvalue weighted by atomic mass is 32.1. The highest BCUT2D eigenvalue weighted by Crippen LogP contribution is 2.13. The van der Waals surface area contributed by atoms with E-state index < -0.39 is 11.7 Å². The number of benzene rings is 2. The number of carbonyl (C=O) groups is 1. The zero-order valence-electron chi connectivity index (χ0n) is 10.8. The van der Waals surface area contributed by atoms with E-state index in [1.165, 1.54) is 18.2 Å². The molecule has 21 heavy (non-hydrogen) atoms. The molecule has 0 unspecified atom stereocenters. The SMILES string of the molecule is N#Cc1ccccc1NC(=S)NC(=O)c1cccc(F)c1. The lowest BCUT2D eigenvalue weighted by molar-refractivity contribution is 0.0977. The van der Waals surface area contributed by atoms with Crippen LogP contribution in [-0.2, 0) is 0 Å². The fourth-order valence-electron chi connectivity index (χ4n) is 1.65. The van der Waals surface area contributed by atoms with Crippen molar-refractivity contribution in [2.75, 3.05) is 5.32 Å². The topological polar surface area (TPSA) is 64.9 Å². The minimum absolute atomic E-state index is 0.0342. The number of nitriles is 1. The number of halogens is 1. The summed E-state index contributed by atoms with van der Waals surface area (Å²) in [5, 5.41) is 14.2. The molecule has 0 aliphatic carbocycles. The second-order valence-electron chi connectivity index (χ2n) is 4.08. The molecule has 104 valence electrons. The second kappa shape index (κ2) is 6.59. The van der Waals surface area contributed by atoms with Crippen LogP contribution in [0.2, 0.25) is 0 Å². The Bertz CT molecular complexity index is 740. The van der Waals surface area contributed by atoms with E-state index in [1.807, 2.05) is 6.07 Å². The van der Waals surface area contributed by atoms with E-state index in [4.69, 9.17) is 17.5 Å². The highest BCUT2D eigenvalue weighted by molar-refractivity contribution is 7.80. The largest absolute Gasteiger partial charge is 0.331 e. The predicted molar refractivity (Wildman–Crippen MR) is 81.2 cm³/mol. The van der Waals surface area contributed by atoms with Crippen LogP contribution in [0.1, 0.15) is 15.9 Å². The first kappa shape index (κ1) is 14.6. The van der Waals surface area contributed by atoms with Crippen molar-refractivity contribution in [1.82, 2.24) is 5.32 Å². The lowest BCUT2D eigenvalue weighted by Gasteiger charge is -2.10. The number of carbonyl (C=O) groups excluding carboxylic acids is 1. The Morgan fingerprint density at radius 3 is 2.67 bits per heavy atom. The Morgan fingerprint density at radius 2 is 1.95 bits per heavy atom. The van der Waals surface area contributed by atoms with Gasteiger partial charge < -0.3 is 5.32 Å². The molecule has 4 nitrogen and oxygen atoms in total. The van der Waals surface area contributed by atoms with Crippen LogP contribution >= 0.6 is 12.2 Å². The summed E-state index contributed by atoms with van der Waals surface area (Å²) in [5.74, 6) is -1.03. The maximum absolute atomic E-state index is 13.0. The van der Waals surface area contributed by atoms with Crippen LogP contribution < -0.4 is 10.6 Å². The average Bonchev–Trinajstić information content (AvgIpc) is 2.47. The molecule has 0 aliphatic heterocycles. The molecular formula is C15H10FN3OS. The number of thiocarbonyl (C=S) groups is 1. The Labute approximate surface area is 126 Å². The van der Waals surface area contributed by atoms with Crippen LogP contribution in [-0.4, -0.2) is 11.0 Å². The van der Waals surface area contributed by atoms with Gasteiger partial charge in [-0.2, -0.15) is 5.26 Å². The Morgan fingerprint density at radius 1 is 1.19 bits per heavy atom. The van der Waals surface area contributed by atoms with Crippen LogP contribution in [0.25, 0.3) is 0 Å². The molecule has 0 bridgehead atoms. The summed E-state index contributed by atoms with van der Waals surface area (Å²) in [6.07, 6.45) is 0. The first-order valence-corrected chi connectivity index (χ1v) is 6.38. The van der Waals surface area contributed by atoms with Crippen molar-refractivity contribution in [3.63, 3.8) is 0 Å². The Hall–Kier alpha value is -2.78. The first-order valence-electron chi connectivity index (χ1n) is 5.97. The molecule has 2 rings (SSSR count). The van der Waals surface area contributed by atoms with Gasteiger partial charge in [0, 0.05) is 5.56 Å². The van der Waals surface area contributed by atoms with Crippen LogP contribution in [0.3, 0.4) is 0 Å². The number of amides is 1. The molecule has 0 saturated carbocycles. The van der Waals surface area contributed by atoms with Gasteiger partial charge >= 0.3 is 0 Å². The molecule has 0 aliphatic rings. The van der Waals surface area contributed by atoms with E-state index >= 15 is 0 Å². The minimum Gasteiger partial charge on any atom is -0.331 e. The quantitative estimate of drug-likeness (QED) is 0.837. The van der Waals surface area contributed by atoms with E-state index in [-0.39, 0.29) is 10.7 Å². The number of nitrogens with one attached hydrogen (secondary N) is 2. The van der Waals surface area contributed by atoms with Gasteiger partial charge in [-0.25, -0.2) is 4.39 Å². The molecule has 0 saturated heterocycles. The van der Waals surface area contributed by atoms with Gasteiger partial charge in [-0.1, -0.05) is 18.2 Å². The Balaban J connectivity index is 2.05. The molecular weight excluding hydrogens is 289 g/mol. The van der Waals surface area contributed by atoms with Crippen molar-refractivity contribution in [3.05, 3.63) is 65.5 Å². The zero-order valence-corrected chi connectivity index (χ0v) is 11.6. The van der Waals surface area contributed by atoms with Gasteiger partial charge in [-0.15, -0.1) is 0 Å². The maximum Gasteiger partial charge on any atom is 0.257 e. The molecule has 1 amide bonds. The molecule has 2 aromatic carbocycles. The van der Waals surface area contributed by atoms with Gasteiger partial charge in [0.15, 0.2) is 5.11 Å². The number of rotatable bonds is 2. The normalized spacial score (nSPS) is 9.52. The van der Waals surface area contributed by atoms with Crippen LogP contribution in [0, 0.1) is 17.1 Å². The lowest BCUT2D eigenvalue weighted by Crippen LogP contribution is -2.34. The highest BCUT2D eigenvalue weighted by Gasteiger charge is 2.09. The smallest absolute Gasteiger partial charge is 0.257 e. The van der Waals surface area contributed by atoms with E-state index in [0.717, 1.165) is 6.07 Å². The fourth-order valence-corrected chi connectivity index (χ4v) is 1.85. The molecule has 0 fully saturated rings. The number of hydrogen-bond acceptors (Lipinski definition) is 3. The maximum atomic E-state index is 13.0. The summed E-state index contributed by atoms with van der Waals surface area (Å²) < 4.78 is 13.0. The molecule has 2 N–H and O–H groups in total. The van der Waals surface area contributed by atoms with E-state index in [2.05, 4.69) is 10.6 Å². The average molecular weight is 299 g/mol. The van der Waals surface area contributed by atoms with Crippen molar-refractivity contribution in [2.24, 2.45) is 0 Å². The summed E-state index contributed by atoms with van der Waals surface area (Å²) in [7, 11) is 0. The third-order valence-corrected chi connectivity index (χ3v) is 2.81. The van der Waals surface area contributed by atoms with Crippen molar-refractivity contribution >= 4 is 28.9 Å². The molecule has 0 heterocycles. The van der Waals surface area contributed by atoms with Gasteiger partial charge in [-0.3, -0.25) is 10.1 Å². The van der Waals surface area contributed by atoms with Crippen LogP contribution in [0.5, 0.6) is 0 Å². The van der Waals surface area contributed by atoms with Crippen LogP contribution in [0.4, 0.5) is 10.1 Å². The van der Waals surface area contributed by atoms with E-state index in [9.17, 15) is 9.18 Å². The minimum atomic E-state index is -0.526. The van der Waals surface area contributed by atoms with E-state index in [0.29, 0.717) is 11.3 Å². The number of para-hydroxylation sites is 1. The lowest BCUT2D eigenvalue weighted by atomic mass is 10.2. The molecule has 0 radical (unpaired) electrons. The molecule has 0 atom stereocenters. The second-order valence-corrected chi connectivity index (χ2v) is 4.48. The van der Waals surface area contributed by atoms with Gasteiger partial charge in [0.2, 0.25) is 0 Å². The van der Waals surface area contributed by atoms with Gasteiger partial charge in [0.05, 0.1) is 11.3 Å². The van der Waals surface area contributed by atoms with Gasteiger partial charge in [-0.05, 0) is 42.5 Å². The summed E-state index contributed by atoms with van der Waals surface area (Å²) >= 11 is 5.01. The molecule has 0 spiro atoms. The zero-order chi connectivity index (χ0) is 15.2. The predicted octanol–water partition coefficient (Wildman–Crippen LogP) is 2.82. The van der Waals surface area contributed by atoms with Crippen molar-refractivity contribution in [3.8, 4) is 6.07 Å². The van der Waals surface area contributed by atoms with Crippen molar-refractivity contribution in [2.45, 2.75) is 0 Å². The van der Waals surface area contributed by atoms with Gasteiger partial charge in [0.1, 0.15) is 11.9 Å². The third-order valence-electron chi connectivity index (χ3n) is 2.61. The molecule has 6 heteroatoms. The third kappa shape index (κ3) is 3.84. The number of nitrogens with zero attached hydrogens (tertiary/aromatic N) is 1. The summed E-state index contributed by atoms with van der Waals surface area (Å²) in [6.45, 7) is 0. The fraction of sp³-hybridized carbons (Fsp3) is 0. The number of hydrogen-bond donors (Lipinski definition) is 2. The monoisotopic (exact) mass is 299 g/mol. The molecule has 0 aromatic heterocycles. The first-order chi connectivity index (χ1) is 10.1. The summed E-state index contributed by atoms with van der Waals surface area (Å²) in [4.78, 5) is 11.9. The number of anilines is 1. The standard InChI is InChI=1S/C15H10FN3OS/c16-12-6-3-5-10(8-12)14(20)19-15(21)18-13-7-2-1-4-11(13)9-17/h1-8H,(H2,18,19,20,21). The summed E-state index contributed by atoms with van der Waals surface area (Å²) in [6, 6.07) is 14.0. The van der Waals surface area contributed by atoms with Crippen molar-refractivity contribution in [1.29, 1.82) is 5.26 Å². The van der Waals surface area contributed by atoms with Crippen molar-refractivity contribution < 1.29 is 9.18 Å². The van der Waals surface area contributed by atoms with E-state index in [1.54, 1.807) is 24.3 Å². The summed E-state index contributed by atoms with van der Waals surface area (Å²) in [5.41, 5.74) is 1.05. The van der Waals surface area contributed by atoms with Gasteiger partial charge in [0.25, 0.3) is 5.91 Å². The molecule has 2 aromatic rings. The Kier molecular flexibility index (Phi) is 4.59.